The van der Waals surface area contributed by atoms with Crippen LogP contribution in [0.15, 0.2) is 156 Å². The lowest BCUT2D eigenvalue weighted by Gasteiger charge is -2.31. The fourth-order valence-corrected chi connectivity index (χ4v) is 7.04. The molecule has 6 aromatic rings. The molecule has 1 spiro atoms. The number of anilines is 2. The Labute approximate surface area is 263 Å². The van der Waals surface area contributed by atoms with Gasteiger partial charge in [-0.25, -0.2) is 0 Å². The Hall–Kier alpha value is -5.74. The minimum atomic E-state index is -0.454. The lowest BCUT2D eigenvalue weighted by atomic mass is 9.70. The average molecular weight is 581 g/mol. The van der Waals surface area contributed by atoms with Crippen molar-refractivity contribution in [3.05, 3.63) is 179 Å². The number of nitrogens with one attached hydrogen (secondary N) is 2. The molecule has 0 amide bonds. The third-order valence-corrected chi connectivity index (χ3v) is 9.18. The summed E-state index contributed by atoms with van der Waals surface area (Å²) in [4.78, 5) is 0. The van der Waals surface area contributed by atoms with Gasteiger partial charge in [0.15, 0.2) is 0 Å². The van der Waals surface area contributed by atoms with Crippen molar-refractivity contribution in [2.45, 2.75) is 19.3 Å². The molecule has 4 nitrogen and oxygen atoms in total. The van der Waals surface area contributed by atoms with Crippen molar-refractivity contribution in [2.24, 2.45) is 10.2 Å². The highest BCUT2D eigenvalue weighted by molar-refractivity contribution is 6.04. The Kier molecular flexibility index (Phi) is 6.42. The third kappa shape index (κ3) is 4.29. The van der Waals surface area contributed by atoms with E-state index in [1.54, 1.807) is 0 Å². The van der Waals surface area contributed by atoms with Crippen LogP contribution in [0.1, 0.15) is 47.2 Å². The van der Waals surface area contributed by atoms with Crippen molar-refractivity contribution in [3.63, 3.8) is 0 Å². The van der Waals surface area contributed by atoms with Crippen LogP contribution in [0.2, 0.25) is 0 Å². The summed E-state index contributed by atoms with van der Waals surface area (Å²) in [5, 5.41) is 9.54. The molecule has 0 aromatic heterocycles. The molecule has 8 rings (SSSR count). The molecule has 0 saturated heterocycles. The molecule has 0 fully saturated rings. The largest absolute Gasteiger partial charge is 0.278 e. The third-order valence-electron chi connectivity index (χ3n) is 9.18. The maximum absolute atomic E-state index is 4.77. The summed E-state index contributed by atoms with van der Waals surface area (Å²) in [6.45, 7) is 4.14. The van der Waals surface area contributed by atoms with E-state index in [0.29, 0.717) is 0 Å². The molecule has 0 radical (unpaired) electrons. The molecular formula is C41H32N4. The van der Waals surface area contributed by atoms with Crippen LogP contribution in [-0.4, -0.2) is 11.4 Å². The second-order valence-electron chi connectivity index (χ2n) is 11.7. The first kappa shape index (κ1) is 26.9. The molecule has 2 N–H and O–H groups in total. The molecule has 0 saturated carbocycles. The molecule has 4 heteroatoms. The Balaban J connectivity index is 1.31. The molecule has 6 aromatic carbocycles. The number of para-hydroxylation sites is 2. The predicted octanol–water partition coefficient (Wildman–Crippen LogP) is 9.70. The van der Waals surface area contributed by atoms with E-state index in [1.807, 2.05) is 60.7 Å². The fraction of sp³-hybridized carbons (Fsp3) is 0.0732. The van der Waals surface area contributed by atoms with Gasteiger partial charge < -0.3 is 0 Å². The predicted molar refractivity (Wildman–Crippen MR) is 187 cm³/mol. The number of hydrogen-bond donors (Lipinski definition) is 2. The first-order valence-electron chi connectivity index (χ1n) is 15.3. The van der Waals surface area contributed by atoms with Gasteiger partial charge in [0, 0.05) is 0 Å². The Morgan fingerprint density at radius 3 is 1.24 bits per heavy atom. The Morgan fingerprint density at radius 1 is 0.422 bits per heavy atom. The quantitative estimate of drug-likeness (QED) is 0.152. The topological polar surface area (TPSA) is 48.8 Å². The first-order chi connectivity index (χ1) is 22.1. The van der Waals surface area contributed by atoms with Crippen molar-refractivity contribution in [1.29, 1.82) is 0 Å². The van der Waals surface area contributed by atoms with Crippen LogP contribution in [0, 0.1) is 0 Å². The molecule has 0 bridgehead atoms. The average Bonchev–Trinajstić information content (AvgIpc) is 3.57. The van der Waals surface area contributed by atoms with Crippen molar-refractivity contribution in [3.8, 4) is 22.3 Å². The summed E-state index contributed by atoms with van der Waals surface area (Å²) in [6.07, 6.45) is 0. The number of rotatable bonds is 6. The highest BCUT2D eigenvalue weighted by Crippen LogP contribution is 2.62. The Bertz CT molecular complexity index is 1970. The van der Waals surface area contributed by atoms with Crippen LogP contribution in [0.5, 0.6) is 0 Å². The van der Waals surface area contributed by atoms with E-state index in [1.165, 1.54) is 44.5 Å². The zero-order valence-electron chi connectivity index (χ0n) is 25.3. The lowest BCUT2D eigenvalue weighted by molar-refractivity contribution is 0.793. The van der Waals surface area contributed by atoms with Gasteiger partial charge in [-0.3, -0.25) is 10.9 Å². The second-order valence-corrected chi connectivity index (χ2v) is 11.7. The molecule has 1 unspecified atom stereocenters. The minimum absolute atomic E-state index is 0.454. The van der Waals surface area contributed by atoms with Crippen molar-refractivity contribution in [2.75, 3.05) is 10.9 Å². The maximum atomic E-state index is 4.77. The zero-order valence-corrected chi connectivity index (χ0v) is 25.3. The van der Waals surface area contributed by atoms with Crippen LogP contribution < -0.4 is 10.9 Å². The lowest BCUT2D eigenvalue weighted by Crippen LogP contribution is -2.26. The van der Waals surface area contributed by atoms with E-state index in [2.05, 4.69) is 110 Å². The summed E-state index contributed by atoms with van der Waals surface area (Å²) < 4.78 is 0. The van der Waals surface area contributed by atoms with Gasteiger partial charge >= 0.3 is 0 Å². The van der Waals surface area contributed by atoms with Gasteiger partial charge in [-0.2, -0.15) is 10.2 Å². The Morgan fingerprint density at radius 2 is 0.800 bits per heavy atom. The molecule has 0 aliphatic heterocycles. The fourth-order valence-electron chi connectivity index (χ4n) is 7.04. The number of hydrazone groups is 2. The highest BCUT2D eigenvalue weighted by atomic mass is 15.3. The monoisotopic (exact) mass is 580 g/mol. The van der Waals surface area contributed by atoms with E-state index < -0.39 is 5.41 Å². The van der Waals surface area contributed by atoms with Crippen molar-refractivity contribution in [1.82, 2.24) is 0 Å². The molecule has 0 heterocycles. The number of nitrogens with zero attached hydrogens (tertiary/aromatic N) is 2. The van der Waals surface area contributed by atoms with Crippen LogP contribution in [0.4, 0.5) is 11.4 Å². The van der Waals surface area contributed by atoms with Gasteiger partial charge in [-0.05, 0) is 106 Å². The molecule has 45 heavy (non-hydrogen) atoms. The van der Waals surface area contributed by atoms with Crippen LogP contribution in [0.25, 0.3) is 22.3 Å². The van der Waals surface area contributed by atoms with E-state index in [9.17, 15) is 0 Å². The molecule has 1 atom stereocenters. The summed E-state index contributed by atoms with van der Waals surface area (Å²) in [7, 11) is 0. The standard InChI is InChI=1S/C41H32N4/c1-27(42-44-31-13-5-3-6-14-31)29-21-23-35-33-17-9-11-19-37(33)41(39(35)25-29)38-20-12-10-18-34(38)36-24-22-30(26-40(36)41)28(2)43-45-32-15-7-4-8-16-32/h3-26,44-45H,1-2H3/b42-27-,43-28+. The van der Waals surface area contributed by atoms with E-state index in [0.717, 1.165) is 33.9 Å². The summed E-state index contributed by atoms with van der Waals surface area (Å²) in [6, 6.07) is 51.6. The van der Waals surface area contributed by atoms with Gasteiger partial charge in [0.1, 0.15) is 0 Å². The SMILES string of the molecule is C/C(=N/Nc1ccccc1)c1ccc2c(c1)C1(c3ccccc3-2)c2ccccc2-c2ccc(/C(C)=N/Nc3ccccc3)cc21. The molecular weight excluding hydrogens is 548 g/mol. The summed E-state index contributed by atoms with van der Waals surface area (Å²) in [5.41, 5.74) is 22.3. The smallest absolute Gasteiger partial charge is 0.0725 e. The van der Waals surface area contributed by atoms with Crippen LogP contribution in [-0.2, 0) is 5.41 Å². The molecule has 2 aliphatic carbocycles. The van der Waals surface area contributed by atoms with Gasteiger partial charge in [0.2, 0.25) is 0 Å². The van der Waals surface area contributed by atoms with Crippen LogP contribution in [0.3, 0.4) is 0 Å². The summed E-state index contributed by atoms with van der Waals surface area (Å²) >= 11 is 0. The van der Waals surface area contributed by atoms with Gasteiger partial charge in [0.25, 0.3) is 0 Å². The summed E-state index contributed by atoms with van der Waals surface area (Å²) in [5.74, 6) is 0. The number of hydrogen-bond acceptors (Lipinski definition) is 4. The van der Waals surface area contributed by atoms with Crippen LogP contribution >= 0.6 is 0 Å². The number of benzene rings is 6. The van der Waals surface area contributed by atoms with Crippen molar-refractivity contribution >= 4 is 22.8 Å². The van der Waals surface area contributed by atoms with Gasteiger partial charge in [-0.1, -0.05) is 109 Å². The van der Waals surface area contributed by atoms with E-state index in [4.69, 9.17) is 10.2 Å². The minimum Gasteiger partial charge on any atom is -0.278 e. The van der Waals surface area contributed by atoms with E-state index >= 15 is 0 Å². The highest BCUT2D eigenvalue weighted by Gasteiger charge is 2.51. The zero-order chi connectivity index (χ0) is 30.4. The van der Waals surface area contributed by atoms with Crippen molar-refractivity contribution < 1.29 is 0 Å². The molecule has 2 aliphatic rings. The van der Waals surface area contributed by atoms with Gasteiger partial charge in [0.05, 0.1) is 28.2 Å². The van der Waals surface area contributed by atoms with E-state index in [-0.39, 0.29) is 0 Å². The number of fused-ring (bicyclic) bond motifs is 10. The first-order valence-corrected chi connectivity index (χ1v) is 15.3. The second kappa shape index (κ2) is 10.8. The molecule has 216 valence electrons. The van der Waals surface area contributed by atoms with Gasteiger partial charge in [-0.15, -0.1) is 0 Å². The maximum Gasteiger partial charge on any atom is 0.0725 e. The normalized spacial score (nSPS) is 16.1.